The largest absolute Gasteiger partial charge is 0.341 e. The van der Waals surface area contributed by atoms with Gasteiger partial charge in [0.15, 0.2) is 0 Å². The van der Waals surface area contributed by atoms with Crippen molar-refractivity contribution >= 4 is 41.7 Å². The zero-order chi connectivity index (χ0) is 16.8. The number of nitrogens with one attached hydrogen (secondary N) is 2. The Bertz CT molecular complexity index is 553. The van der Waals surface area contributed by atoms with Crippen molar-refractivity contribution in [3.8, 4) is 0 Å². The smallest absolute Gasteiger partial charge is 0.235 e. The predicted octanol–water partition coefficient (Wildman–Crippen LogP) is 2.62. The van der Waals surface area contributed by atoms with E-state index in [1.165, 1.54) is 6.92 Å². The number of anilines is 1. The van der Waals surface area contributed by atoms with Crippen LogP contribution in [0.2, 0.25) is 0 Å². The Morgan fingerprint density at radius 3 is 2.58 bits per heavy atom. The van der Waals surface area contributed by atoms with Gasteiger partial charge in [0.1, 0.15) is 0 Å². The van der Waals surface area contributed by atoms with E-state index >= 15 is 0 Å². The highest BCUT2D eigenvalue weighted by Crippen LogP contribution is 2.27. The number of carbonyl (C=O) groups excluding carboxylic acids is 2. The van der Waals surface area contributed by atoms with Gasteiger partial charge in [-0.15, -0.1) is 24.2 Å². The highest BCUT2D eigenvalue weighted by molar-refractivity contribution is 8.00. The number of nitrogens with zero attached hydrogens (tertiary/aromatic N) is 1. The van der Waals surface area contributed by atoms with Crippen LogP contribution in [0.15, 0.2) is 29.2 Å². The van der Waals surface area contributed by atoms with Crippen molar-refractivity contribution in [3.05, 3.63) is 24.3 Å². The molecule has 0 spiro atoms. The van der Waals surface area contributed by atoms with Crippen LogP contribution in [0.5, 0.6) is 0 Å². The first-order chi connectivity index (χ1) is 11.0. The molecule has 1 aliphatic heterocycles. The van der Waals surface area contributed by atoms with Gasteiger partial charge in [0.25, 0.3) is 0 Å². The van der Waals surface area contributed by atoms with E-state index in [9.17, 15) is 9.59 Å². The van der Waals surface area contributed by atoms with E-state index in [4.69, 9.17) is 0 Å². The molecule has 24 heavy (non-hydrogen) atoms. The summed E-state index contributed by atoms with van der Waals surface area (Å²) in [7, 11) is 1.95. The molecule has 1 aromatic rings. The van der Waals surface area contributed by atoms with Crippen molar-refractivity contribution in [2.45, 2.75) is 30.4 Å². The number of hydrogen-bond acceptors (Lipinski definition) is 4. The molecule has 1 heterocycles. The summed E-state index contributed by atoms with van der Waals surface area (Å²) in [6.07, 6.45) is 1.08. The second-order valence-corrected chi connectivity index (χ2v) is 7.38. The fourth-order valence-corrected chi connectivity index (χ4v) is 3.77. The van der Waals surface area contributed by atoms with Gasteiger partial charge in [0.2, 0.25) is 11.8 Å². The summed E-state index contributed by atoms with van der Waals surface area (Å²) in [5.41, 5.74) is 0.773. The molecule has 0 saturated carbocycles. The number of likely N-dealkylation sites (tertiary alicyclic amines) is 1. The molecule has 0 radical (unpaired) electrons. The Balaban J connectivity index is 0.00000288. The lowest BCUT2D eigenvalue weighted by Crippen LogP contribution is -2.35. The zero-order valence-electron chi connectivity index (χ0n) is 14.4. The third kappa shape index (κ3) is 6.00. The van der Waals surface area contributed by atoms with Crippen molar-refractivity contribution in [1.29, 1.82) is 0 Å². The van der Waals surface area contributed by atoms with E-state index < -0.39 is 0 Å². The van der Waals surface area contributed by atoms with Crippen LogP contribution in [-0.2, 0) is 9.59 Å². The number of halogens is 1. The first-order valence-corrected chi connectivity index (χ1v) is 8.85. The highest BCUT2D eigenvalue weighted by Gasteiger charge is 2.28. The minimum absolute atomic E-state index is 0. The minimum atomic E-state index is -0.102. The van der Waals surface area contributed by atoms with E-state index in [-0.39, 0.29) is 29.5 Å². The second kappa shape index (κ2) is 9.91. The van der Waals surface area contributed by atoms with Gasteiger partial charge in [-0.3, -0.25) is 9.59 Å². The summed E-state index contributed by atoms with van der Waals surface area (Å²) in [6, 6.07) is 7.60. The summed E-state index contributed by atoms with van der Waals surface area (Å²) in [5.74, 6) is 0.691. The summed E-state index contributed by atoms with van der Waals surface area (Å²) in [5, 5.41) is 5.82. The molecular weight excluding hydrogens is 346 g/mol. The topological polar surface area (TPSA) is 61.4 Å². The van der Waals surface area contributed by atoms with Crippen LogP contribution in [0.3, 0.4) is 0 Å². The van der Waals surface area contributed by atoms with Gasteiger partial charge in [-0.1, -0.05) is 0 Å². The molecule has 2 unspecified atom stereocenters. The van der Waals surface area contributed by atoms with Gasteiger partial charge in [-0.05, 0) is 57.1 Å². The fraction of sp³-hybridized carbons (Fsp3) is 0.529. The molecule has 2 atom stereocenters. The first kappa shape index (κ1) is 20.8. The van der Waals surface area contributed by atoms with Crippen LogP contribution in [0, 0.1) is 5.92 Å². The van der Waals surface area contributed by atoms with Gasteiger partial charge < -0.3 is 15.5 Å². The number of thioether (sulfide) groups is 1. The maximum absolute atomic E-state index is 12.5. The first-order valence-electron chi connectivity index (χ1n) is 7.97. The maximum atomic E-state index is 12.5. The molecule has 1 saturated heterocycles. The van der Waals surface area contributed by atoms with E-state index in [1.54, 1.807) is 11.8 Å². The molecule has 0 aromatic heterocycles. The number of carbonyl (C=O) groups is 2. The third-order valence-corrected chi connectivity index (χ3v) is 5.03. The van der Waals surface area contributed by atoms with Crippen molar-refractivity contribution in [2.24, 2.45) is 5.92 Å². The molecular formula is C17H26ClN3O2S. The Morgan fingerprint density at radius 1 is 1.33 bits per heavy atom. The van der Waals surface area contributed by atoms with E-state index in [2.05, 4.69) is 10.6 Å². The van der Waals surface area contributed by atoms with Crippen LogP contribution in [-0.4, -0.2) is 48.6 Å². The molecule has 134 valence electrons. The van der Waals surface area contributed by atoms with E-state index in [0.717, 1.165) is 36.6 Å². The average Bonchev–Trinajstić information content (AvgIpc) is 2.97. The summed E-state index contributed by atoms with van der Waals surface area (Å²) >= 11 is 1.56. The summed E-state index contributed by atoms with van der Waals surface area (Å²) in [4.78, 5) is 26.6. The zero-order valence-corrected chi connectivity index (χ0v) is 16.0. The average molecular weight is 372 g/mol. The Labute approximate surface area is 154 Å². The maximum Gasteiger partial charge on any atom is 0.235 e. The van der Waals surface area contributed by atoms with Crippen LogP contribution in [0.4, 0.5) is 5.69 Å². The van der Waals surface area contributed by atoms with Crippen molar-refractivity contribution in [3.63, 3.8) is 0 Å². The van der Waals surface area contributed by atoms with Crippen molar-refractivity contribution in [2.75, 3.05) is 32.0 Å². The Hall–Kier alpha value is -1.24. The standard InChI is InChI=1S/C17H25N3O2S.ClH/c1-12(17(22)20-9-8-14(11-20)10-18-3)23-16-6-4-15(5-7-16)19-13(2)21;/h4-7,12,14,18H,8-11H2,1-3H3,(H,19,21);1H. The van der Waals surface area contributed by atoms with Crippen molar-refractivity contribution < 1.29 is 9.59 Å². The molecule has 0 aliphatic carbocycles. The Kier molecular flexibility index (Phi) is 8.59. The normalized spacial score (nSPS) is 18.0. The predicted molar refractivity (Wildman–Crippen MR) is 102 cm³/mol. The molecule has 1 aromatic carbocycles. The molecule has 0 bridgehead atoms. The molecule has 2 amide bonds. The minimum Gasteiger partial charge on any atom is -0.341 e. The number of benzene rings is 1. The molecule has 7 heteroatoms. The Morgan fingerprint density at radius 2 is 2.00 bits per heavy atom. The SMILES string of the molecule is CNCC1CCN(C(=O)C(C)Sc2ccc(NC(C)=O)cc2)C1.Cl. The summed E-state index contributed by atoms with van der Waals surface area (Å²) in [6.45, 7) is 6.13. The molecule has 1 fully saturated rings. The number of rotatable bonds is 6. The molecule has 2 N–H and O–H groups in total. The lowest BCUT2D eigenvalue weighted by atomic mass is 10.1. The van der Waals surface area contributed by atoms with Crippen LogP contribution in [0.25, 0.3) is 0 Å². The molecule has 5 nitrogen and oxygen atoms in total. The van der Waals surface area contributed by atoms with Gasteiger partial charge in [-0.25, -0.2) is 0 Å². The monoisotopic (exact) mass is 371 g/mol. The van der Waals surface area contributed by atoms with Gasteiger partial charge >= 0.3 is 0 Å². The molecule has 2 rings (SSSR count). The van der Waals surface area contributed by atoms with Gasteiger partial charge in [0, 0.05) is 30.6 Å². The third-order valence-electron chi connectivity index (χ3n) is 3.93. The van der Waals surface area contributed by atoms with E-state index in [1.807, 2.05) is 43.1 Å². The fourth-order valence-electron chi connectivity index (χ4n) is 2.82. The van der Waals surface area contributed by atoms with Gasteiger partial charge in [0.05, 0.1) is 5.25 Å². The quantitative estimate of drug-likeness (QED) is 0.754. The van der Waals surface area contributed by atoms with Crippen LogP contribution >= 0.6 is 24.2 Å². The van der Waals surface area contributed by atoms with Crippen LogP contribution in [0.1, 0.15) is 20.3 Å². The van der Waals surface area contributed by atoms with E-state index in [0.29, 0.717) is 5.92 Å². The number of amides is 2. The molecule has 1 aliphatic rings. The lowest BCUT2D eigenvalue weighted by molar-refractivity contribution is -0.129. The highest BCUT2D eigenvalue weighted by atomic mass is 35.5. The lowest BCUT2D eigenvalue weighted by Gasteiger charge is -2.21. The summed E-state index contributed by atoms with van der Waals surface area (Å²) < 4.78 is 0. The van der Waals surface area contributed by atoms with Crippen LogP contribution < -0.4 is 10.6 Å². The van der Waals surface area contributed by atoms with Gasteiger partial charge in [-0.2, -0.15) is 0 Å². The van der Waals surface area contributed by atoms with Crippen molar-refractivity contribution in [1.82, 2.24) is 10.2 Å². The second-order valence-electron chi connectivity index (χ2n) is 5.96. The number of hydrogen-bond donors (Lipinski definition) is 2.